The van der Waals surface area contributed by atoms with Gasteiger partial charge in [-0.15, -0.1) is 0 Å². The van der Waals surface area contributed by atoms with Crippen molar-refractivity contribution in [2.24, 2.45) is 5.73 Å². The van der Waals surface area contributed by atoms with Gasteiger partial charge in [0.1, 0.15) is 11.1 Å². The Labute approximate surface area is 125 Å². The fourth-order valence-corrected chi connectivity index (χ4v) is 1.93. The number of nitrogens with two attached hydrogens (primary N) is 1. The number of halogens is 1. The standard InChI is InChI=1S/C12H13ClN4O4/c1-12(14,6-20-2)11-15-10(21-16-11)8-4-3-7(13)5-9(8)17(18)19/h3-5H,6,14H2,1-2H3. The van der Waals surface area contributed by atoms with Crippen LogP contribution in [0.4, 0.5) is 5.69 Å². The van der Waals surface area contributed by atoms with E-state index in [-0.39, 0.29) is 34.6 Å². The summed E-state index contributed by atoms with van der Waals surface area (Å²) in [5.74, 6) is 0.199. The predicted molar refractivity (Wildman–Crippen MR) is 74.8 cm³/mol. The summed E-state index contributed by atoms with van der Waals surface area (Å²) in [4.78, 5) is 14.6. The highest BCUT2D eigenvalue weighted by Gasteiger charge is 2.29. The summed E-state index contributed by atoms with van der Waals surface area (Å²) in [6, 6.07) is 4.17. The van der Waals surface area contributed by atoms with Gasteiger partial charge in [0.25, 0.3) is 11.6 Å². The molecule has 0 aliphatic carbocycles. The zero-order chi connectivity index (χ0) is 15.6. The summed E-state index contributed by atoms with van der Waals surface area (Å²) in [5, 5.41) is 15.1. The Morgan fingerprint density at radius 1 is 1.57 bits per heavy atom. The van der Waals surface area contributed by atoms with Gasteiger partial charge in [-0.25, -0.2) is 0 Å². The highest BCUT2D eigenvalue weighted by atomic mass is 35.5. The molecule has 0 aliphatic rings. The van der Waals surface area contributed by atoms with Crippen LogP contribution in [0.1, 0.15) is 12.7 Å². The van der Waals surface area contributed by atoms with Gasteiger partial charge in [-0.1, -0.05) is 16.8 Å². The maximum atomic E-state index is 11.1. The monoisotopic (exact) mass is 312 g/mol. The average Bonchev–Trinajstić information content (AvgIpc) is 2.88. The van der Waals surface area contributed by atoms with Crippen LogP contribution < -0.4 is 5.73 Å². The summed E-state index contributed by atoms with van der Waals surface area (Å²) >= 11 is 5.76. The van der Waals surface area contributed by atoms with Gasteiger partial charge in [-0.2, -0.15) is 4.98 Å². The number of ether oxygens (including phenoxy) is 1. The largest absolute Gasteiger partial charge is 0.382 e. The number of aromatic nitrogens is 2. The Hall–Kier alpha value is -2.03. The summed E-state index contributed by atoms with van der Waals surface area (Å²) in [7, 11) is 1.50. The number of hydrogen-bond donors (Lipinski definition) is 1. The van der Waals surface area contributed by atoms with E-state index in [2.05, 4.69) is 10.1 Å². The van der Waals surface area contributed by atoms with Crippen molar-refractivity contribution >= 4 is 17.3 Å². The quantitative estimate of drug-likeness (QED) is 0.663. The minimum Gasteiger partial charge on any atom is -0.382 e. The number of hydrogen-bond acceptors (Lipinski definition) is 7. The molecule has 1 atom stereocenters. The molecule has 0 bridgehead atoms. The molecule has 8 nitrogen and oxygen atoms in total. The van der Waals surface area contributed by atoms with E-state index >= 15 is 0 Å². The van der Waals surface area contributed by atoms with Crippen molar-refractivity contribution in [1.82, 2.24) is 10.1 Å². The maximum absolute atomic E-state index is 11.1. The summed E-state index contributed by atoms with van der Waals surface area (Å²) in [6.07, 6.45) is 0. The molecule has 2 N–H and O–H groups in total. The van der Waals surface area contributed by atoms with Crippen molar-refractivity contribution in [3.05, 3.63) is 39.2 Å². The lowest BCUT2D eigenvalue weighted by atomic mass is 10.1. The number of nitro groups is 1. The fraction of sp³-hybridized carbons (Fsp3) is 0.333. The first kappa shape index (κ1) is 15.4. The third-order valence-corrected chi connectivity index (χ3v) is 3.00. The lowest BCUT2D eigenvalue weighted by Crippen LogP contribution is -2.38. The molecule has 112 valence electrons. The Morgan fingerprint density at radius 2 is 2.29 bits per heavy atom. The number of methoxy groups -OCH3 is 1. The van der Waals surface area contributed by atoms with Crippen LogP contribution >= 0.6 is 11.6 Å². The molecule has 0 amide bonds. The predicted octanol–water partition coefficient (Wildman–Crippen LogP) is 2.12. The van der Waals surface area contributed by atoms with Crippen molar-refractivity contribution in [1.29, 1.82) is 0 Å². The Morgan fingerprint density at radius 3 is 2.90 bits per heavy atom. The van der Waals surface area contributed by atoms with Gasteiger partial charge in [0.15, 0.2) is 5.82 Å². The van der Waals surface area contributed by atoms with Crippen LogP contribution in [0.2, 0.25) is 5.02 Å². The molecule has 0 spiro atoms. The lowest BCUT2D eigenvalue weighted by Gasteiger charge is -2.18. The molecular weight excluding hydrogens is 300 g/mol. The Bertz CT molecular complexity index is 671. The molecular formula is C12H13ClN4O4. The summed E-state index contributed by atoms with van der Waals surface area (Å²) in [6.45, 7) is 1.84. The van der Waals surface area contributed by atoms with Gasteiger partial charge in [-0.3, -0.25) is 10.1 Å². The molecule has 9 heteroatoms. The van der Waals surface area contributed by atoms with Crippen LogP contribution in [-0.4, -0.2) is 28.8 Å². The first-order valence-electron chi connectivity index (χ1n) is 5.91. The number of rotatable bonds is 5. The molecule has 1 aromatic heterocycles. The molecule has 1 unspecified atom stereocenters. The molecule has 2 rings (SSSR count). The van der Waals surface area contributed by atoms with E-state index < -0.39 is 10.5 Å². The second kappa shape index (κ2) is 5.76. The normalized spacial score (nSPS) is 13.9. The van der Waals surface area contributed by atoms with Crippen LogP contribution in [0.15, 0.2) is 22.7 Å². The molecule has 1 aromatic carbocycles. The van der Waals surface area contributed by atoms with Gasteiger partial charge in [0, 0.05) is 18.2 Å². The van der Waals surface area contributed by atoms with Gasteiger partial charge in [0.2, 0.25) is 0 Å². The smallest absolute Gasteiger partial charge is 0.283 e. The average molecular weight is 313 g/mol. The Kier molecular flexibility index (Phi) is 4.21. The number of nitrogens with zero attached hydrogens (tertiary/aromatic N) is 3. The zero-order valence-electron chi connectivity index (χ0n) is 11.4. The van der Waals surface area contributed by atoms with E-state index in [0.717, 1.165) is 0 Å². The van der Waals surface area contributed by atoms with E-state index in [1.54, 1.807) is 6.92 Å². The highest BCUT2D eigenvalue weighted by molar-refractivity contribution is 6.30. The minimum absolute atomic E-state index is 0.00106. The molecule has 0 fully saturated rings. The first-order valence-corrected chi connectivity index (χ1v) is 6.29. The van der Waals surface area contributed by atoms with E-state index in [1.807, 2.05) is 0 Å². The second-order valence-corrected chi connectivity index (χ2v) is 5.13. The lowest BCUT2D eigenvalue weighted by molar-refractivity contribution is -0.384. The molecule has 2 aromatic rings. The van der Waals surface area contributed by atoms with E-state index in [0.29, 0.717) is 0 Å². The van der Waals surface area contributed by atoms with E-state index in [4.69, 9.17) is 26.6 Å². The van der Waals surface area contributed by atoms with Crippen LogP contribution in [0, 0.1) is 10.1 Å². The summed E-state index contributed by atoms with van der Waals surface area (Å²) in [5.41, 5.74) is 4.99. The van der Waals surface area contributed by atoms with Crippen LogP contribution in [0.5, 0.6) is 0 Å². The highest BCUT2D eigenvalue weighted by Crippen LogP contribution is 2.32. The molecule has 1 heterocycles. The van der Waals surface area contributed by atoms with Crippen molar-refractivity contribution < 1.29 is 14.2 Å². The molecule has 21 heavy (non-hydrogen) atoms. The first-order chi connectivity index (χ1) is 9.85. The van der Waals surface area contributed by atoms with E-state index in [9.17, 15) is 10.1 Å². The molecule has 0 aliphatic heterocycles. The van der Waals surface area contributed by atoms with Crippen LogP contribution in [0.3, 0.4) is 0 Å². The van der Waals surface area contributed by atoms with Crippen LogP contribution in [-0.2, 0) is 10.3 Å². The van der Waals surface area contributed by atoms with Gasteiger partial charge in [0.05, 0.1) is 11.5 Å². The van der Waals surface area contributed by atoms with Crippen molar-refractivity contribution in [3.8, 4) is 11.5 Å². The third-order valence-electron chi connectivity index (χ3n) is 2.77. The van der Waals surface area contributed by atoms with Crippen molar-refractivity contribution in [2.45, 2.75) is 12.5 Å². The van der Waals surface area contributed by atoms with Crippen molar-refractivity contribution in [2.75, 3.05) is 13.7 Å². The van der Waals surface area contributed by atoms with Crippen LogP contribution in [0.25, 0.3) is 11.5 Å². The second-order valence-electron chi connectivity index (χ2n) is 4.69. The maximum Gasteiger partial charge on any atom is 0.283 e. The topological polar surface area (TPSA) is 117 Å². The van der Waals surface area contributed by atoms with Gasteiger partial charge >= 0.3 is 0 Å². The third kappa shape index (κ3) is 3.18. The Balaban J connectivity index is 2.45. The van der Waals surface area contributed by atoms with Gasteiger partial charge < -0.3 is 15.0 Å². The SMILES string of the molecule is COCC(C)(N)c1noc(-c2ccc(Cl)cc2[N+](=O)[O-])n1. The van der Waals surface area contributed by atoms with Crippen molar-refractivity contribution in [3.63, 3.8) is 0 Å². The number of benzene rings is 1. The minimum atomic E-state index is -0.961. The number of nitro benzene ring substituents is 1. The van der Waals surface area contributed by atoms with E-state index in [1.165, 1.54) is 25.3 Å². The molecule has 0 saturated carbocycles. The van der Waals surface area contributed by atoms with Gasteiger partial charge in [-0.05, 0) is 19.1 Å². The fourth-order valence-electron chi connectivity index (χ4n) is 1.77. The zero-order valence-corrected chi connectivity index (χ0v) is 12.1. The molecule has 0 radical (unpaired) electrons. The molecule has 0 saturated heterocycles. The summed E-state index contributed by atoms with van der Waals surface area (Å²) < 4.78 is 10.1.